The van der Waals surface area contributed by atoms with Gasteiger partial charge in [-0.2, -0.15) is 0 Å². The maximum absolute atomic E-state index is 11.2. The predicted octanol–water partition coefficient (Wildman–Crippen LogP) is 1.10. The summed E-state index contributed by atoms with van der Waals surface area (Å²) in [5.41, 5.74) is 1.16. The lowest BCUT2D eigenvalue weighted by atomic mass is 10.2. The maximum Gasteiger partial charge on any atom is 0.313 e. The second-order valence-electron chi connectivity index (χ2n) is 3.27. The van der Waals surface area contributed by atoms with Crippen LogP contribution in [0.1, 0.15) is 13.8 Å². The van der Waals surface area contributed by atoms with Crippen LogP contribution in [0.15, 0.2) is 11.8 Å². The van der Waals surface area contributed by atoms with E-state index in [0.29, 0.717) is 12.5 Å². The van der Waals surface area contributed by atoms with Crippen LogP contribution in [-0.4, -0.2) is 18.7 Å². The molecule has 0 bridgehead atoms. The molecule has 0 aromatic rings. The van der Waals surface area contributed by atoms with Crippen LogP contribution in [0.5, 0.6) is 0 Å². The molecule has 2 rings (SSSR count). The van der Waals surface area contributed by atoms with Crippen molar-refractivity contribution < 1.29 is 14.3 Å². The molecule has 1 aliphatic heterocycles. The quantitative estimate of drug-likeness (QED) is 0.579. The average molecular weight is 168 g/mol. The van der Waals surface area contributed by atoms with Gasteiger partial charge in [-0.1, -0.05) is 0 Å². The molecular formula is C9H12O3. The van der Waals surface area contributed by atoms with Gasteiger partial charge in [0, 0.05) is 5.92 Å². The Kier molecular flexibility index (Phi) is 1.60. The molecule has 0 radical (unpaired) electrons. The Morgan fingerprint density at radius 2 is 2.50 bits per heavy atom. The zero-order valence-corrected chi connectivity index (χ0v) is 7.24. The summed E-state index contributed by atoms with van der Waals surface area (Å²) in [4.78, 5) is 11.2. The summed E-state index contributed by atoms with van der Waals surface area (Å²) in [6.07, 6.45) is 1.83. The molecule has 2 aliphatic rings. The van der Waals surface area contributed by atoms with Crippen LogP contribution in [0.2, 0.25) is 0 Å². The number of fused-ring (bicyclic) bond motifs is 1. The van der Waals surface area contributed by atoms with Crippen molar-refractivity contribution >= 4 is 5.97 Å². The van der Waals surface area contributed by atoms with Gasteiger partial charge in [-0.25, -0.2) is 0 Å². The van der Waals surface area contributed by atoms with Gasteiger partial charge in [0.25, 0.3) is 0 Å². The van der Waals surface area contributed by atoms with E-state index in [1.165, 1.54) is 0 Å². The molecule has 1 heterocycles. The first-order valence-corrected chi connectivity index (χ1v) is 4.24. The maximum atomic E-state index is 11.2. The van der Waals surface area contributed by atoms with Crippen LogP contribution in [0.3, 0.4) is 0 Å². The molecule has 3 heteroatoms. The molecule has 1 aliphatic carbocycles. The molecule has 1 saturated carbocycles. The smallest absolute Gasteiger partial charge is 0.313 e. The molecule has 1 fully saturated rings. The fourth-order valence-electron chi connectivity index (χ4n) is 1.78. The number of carbonyl (C=O) groups is 1. The van der Waals surface area contributed by atoms with E-state index in [9.17, 15) is 4.79 Å². The second-order valence-corrected chi connectivity index (χ2v) is 3.27. The molecule has 0 saturated heterocycles. The van der Waals surface area contributed by atoms with Crippen molar-refractivity contribution in [3.8, 4) is 0 Å². The topological polar surface area (TPSA) is 35.5 Å². The second kappa shape index (κ2) is 2.51. The van der Waals surface area contributed by atoms with Gasteiger partial charge in [-0.3, -0.25) is 4.79 Å². The fraction of sp³-hybridized carbons (Fsp3) is 0.667. The molecule has 3 nitrogen and oxygen atoms in total. The monoisotopic (exact) mass is 168 g/mol. The highest BCUT2D eigenvalue weighted by molar-refractivity contribution is 5.78. The highest BCUT2D eigenvalue weighted by atomic mass is 16.5. The number of hydrogen-bond donors (Lipinski definition) is 0. The van der Waals surface area contributed by atoms with Crippen LogP contribution in [-0.2, 0) is 14.3 Å². The Hall–Kier alpha value is -0.990. The van der Waals surface area contributed by atoms with Crippen LogP contribution < -0.4 is 0 Å². The van der Waals surface area contributed by atoms with Crippen molar-refractivity contribution in [1.82, 2.24) is 0 Å². The van der Waals surface area contributed by atoms with Crippen molar-refractivity contribution in [2.45, 2.75) is 20.0 Å². The molecule has 12 heavy (non-hydrogen) atoms. The third kappa shape index (κ3) is 0.924. The first kappa shape index (κ1) is 7.65. The minimum atomic E-state index is -0.111. The minimum Gasteiger partial charge on any atom is -0.496 e. The summed E-state index contributed by atoms with van der Waals surface area (Å²) in [5.74, 6) is 0.180. The van der Waals surface area contributed by atoms with E-state index in [-0.39, 0.29) is 18.0 Å². The number of ether oxygens (including phenoxy) is 2. The normalized spacial score (nSPS) is 36.5. The summed E-state index contributed by atoms with van der Waals surface area (Å²) in [7, 11) is 0. The van der Waals surface area contributed by atoms with Crippen molar-refractivity contribution in [2.75, 3.05) is 6.61 Å². The first-order chi connectivity index (χ1) is 5.75. The Morgan fingerprint density at radius 1 is 1.75 bits per heavy atom. The van der Waals surface area contributed by atoms with Gasteiger partial charge in [0.2, 0.25) is 0 Å². The number of esters is 1. The summed E-state index contributed by atoms with van der Waals surface area (Å²) in [6, 6.07) is 0. The SMILES string of the molecule is CCOC(=O)[C@@H]1[C@H]2OC=C(C)[C@H]21. The molecule has 0 aromatic heterocycles. The third-order valence-corrected chi connectivity index (χ3v) is 2.45. The van der Waals surface area contributed by atoms with E-state index in [1.54, 1.807) is 6.26 Å². The lowest BCUT2D eigenvalue weighted by Gasteiger charge is -2.02. The molecule has 0 spiro atoms. The molecular weight excluding hydrogens is 156 g/mol. The van der Waals surface area contributed by atoms with E-state index in [1.807, 2.05) is 13.8 Å². The Bertz CT molecular complexity index is 244. The van der Waals surface area contributed by atoms with E-state index in [0.717, 1.165) is 5.57 Å². The average Bonchev–Trinajstić information content (AvgIpc) is 2.65. The number of hydrogen-bond acceptors (Lipinski definition) is 3. The van der Waals surface area contributed by atoms with Crippen LogP contribution in [0.25, 0.3) is 0 Å². The zero-order chi connectivity index (χ0) is 8.72. The number of carbonyl (C=O) groups excluding carboxylic acids is 1. The fourth-order valence-corrected chi connectivity index (χ4v) is 1.78. The van der Waals surface area contributed by atoms with Gasteiger partial charge in [0.05, 0.1) is 12.9 Å². The number of rotatable bonds is 2. The highest BCUT2D eigenvalue weighted by Gasteiger charge is 2.61. The molecule has 0 N–H and O–H groups in total. The molecule has 0 unspecified atom stereocenters. The van der Waals surface area contributed by atoms with Crippen molar-refractivity contribution in [2.24, 2.45) is 11.8 Å². The summed E-state index contributed by atoms with van der Waals surface area (Å²) in [5, 5.41) is 0. The Balaban J connectivity index is 1.95. The first-order valence-electron chi connectivity index (χ1n) is 4.24. The largest absolute Gasteiger partial charge is 0.496 e. The highest BCUT2D eigenvalue weighted by Crippen LogP contribution is 2.51. The van der Waals surface area contributed by atoms with E-state index < -0.39 is 0 Å². The molecule has 0 amide bonds. The van der Waals surface area contributed by atoms with E-state index >= 15 is 0 Å². The summed E-state index contributed by atoms with van der Waals surface area (Å²) in [6.45, 7) is 4.26. The Labute approximate surface area is 71.3 Å². The van der Waals surface area contributed by atoms with Crippen LogP contribution in [0, 0.1) is 11.8 Å². The zero-order valence-electron chi connectivity index (χ0n) is 7.24. The third-order valence-electron chi connectivity index (χ3n) is 2.45. The molecule has 0 aromatic carbocycles. The van der Waals surface area contributed by atoms with Gasteiger partial charge in [-0.15, -0.1) is 0 Å². The molecule has 66 valence electrons. The van der Waals surface area contributed by atoms with Crippen molar-refractivity contribution in [3.05, 3.63) is 11.8 Å². The summed E-state index contributed by atoms with van der Waals surface area (Å²) < 4.78 is 10.2. The van der Waals surface area contributed by atoms with Gasteiger partial charge in [-0.05, 0) is 19.4 Å². The van der Waals surface area contributed by atoms with Crippen molar-refractivity contribution in [1.29, 1.82) is 0 Å². The van der Waals surface area contributed by atoms with Gasteiger partial charge in [0.1, 0.15) is 12.0 Å². The van der Waals surface area contributed by atoms with Crippen LogP contribution in [0.4, 0.5) is 0 Å². The molecule has 3 atom stereocenters. The predicted molar refractivity (Wildman–Crippen MR) is 42.2 cm³/mol. The van der Waals surface area contributed by atoms with Gasteiger partial charge in [0.15, 0.2) is 0 Å². The lowest BCUT2D eigenvalue weighted by molar-refractivity contribution is -0.145. The van der Waals surface area contributed by atoms with Crippen molar-refractivity contribution in [3.63, 3.8) is 0 Å². The van der Waals surface area contributed by atoms with Gasteiger partial charge < -0.3 is 9.47 Å². The Morgan fingerprint density at radius 3 is 3.00 bits per heavy atom. The standard InChI is InChI=1S/C9H12O3/c1-3-11-9(10)7-6-5(2)4-12-8(6)7/h4,6-8H,3H2,1-2H3/t6-,7-,8-/m0/s1. The lowest BCUT2D eigenvalue weighted by Crippen LogP contribution is -2.11. The van der Waals surface area contributed by atoms with E-state index in [4.69, 9.17) is 9.47 Å². The van der Waals surface area contributed by atoms with E-state index in [2.05, 4.69) is 0 Å². The van der Waals surface area contributed by atoms with Gasteiger partial charge >= 0.3 is 5.97 Å². The minimum absolute atomic E-state index is 0.0186. The van der Waals surface area contributed by atoms with Crippen LogP contribution >= 0.6 is 0 Å². The summed E-state index contributed by atoms with van der Waals surface area (Å²) >= 11 is 0.